The van der Waals surface area contributed by atoms with Crippen LogP contribution in [-0.2, 0) is 14.8 Å². The molecule has 0 aliphatic carbocycles. The second-order valence-corrected chi connectivity index (χ2v) is 11.3. The molecule has 0 saturated heterocycles. The summed E-state index contributed by atoms with van der Waals surface area (Å²) >= 11 is 3.03. The first-order valence-electron chi connectivity index (χ1n) is 15.6. The molecule has 7 aromatic heterocycles. The van der Waals surface area contributed by atoms with Gasteiger partial charge in [-0.1, -0.05) is 24.3 Å². The predicted molar refractivity (Wildman–Crippen MR) is 196 cm³/mol. The average Bonchev–Trinajstić information content (AvgIpc) is 4.02. The molecule has 0 aromatic carbocycles. The van der Waals surface area contributed by atoms with E-state index in [4.69, 9.17) is 19.9 Å². The van der Waals surface area contributed by atoms with Gasteiger partial charge in [0.15, 0.2) is 0 Å². The summed E-state index contributed by atoms with van der Waals surface area (Å²) in [6, 6.07) is 24.1. The van der Waals surface area contributed by atoms with Gasteiger partial charge in [0, 0.05) is 49.6 Å². The summed E-state index contributed by atoms with van der Waals surface area (Å²) in [5.41, 5.74) is 13.9. The Balaban J connectivity index is 0.00000177. The molecular formula is C40H24ClCoN8. The Morgan fingerprint density at radius 3 is 0.780 bits per heavy atom. The molecule has 0 atom stereocenters. The van der Waals surface area contributed by atoms with Gasteiger partial charge in [0.1, 0.15) is 0 Å². The van der Waals surface area contributed by atoms with Crippen molar-refractivity contribution in [3.05, 3.63) is 145 Å². The molecule has 0 saturated carbocycles. The van der Waals surface area contributed by atoms with E-state index in [1.165, 1.54) is 0 Å². The number of aromatic nitrogens is 8. The van der Waals surface area contributed by atoms with Gasteiger partial charge in [-0.2, -0.15) is 0 Å². The molecule has 0 radical (unpaired) electrons. The summed E-state index contributed by atoms with van der Waals surface area (Å²) in [7, 11) is 4.33. The van der Waals surface area contributed by atoms with Crippen molar-refractivity contribution < 1.29 is 14.8 Å². The Morgan fingerprint density at radius 2 is 0.560 bits per heavy atom. The summed E-state index contributed by atoms with van der Waals surface area (Å²) in [6.07, 6.45) is 22.5. The first-order valence-corrected chi connectivity index (χ1v) is 17.0. The van der Waals surface area contributed by atoms with Gasteiger partial charge in [0.05, 0.1) is 22.8 Å². The van der Waals surface area contributed by atoms with Crippen LogP contribution in [-0.4, -0.2) is 29.9 Å². The van der Waals surface area contributed by atoms with Gasteiger partial charge in [-0.05, 0) is 117 Å². The molecule has 9 rings (SSSR count). The van der Waals surface area contributed by atoms with Crippen molar-refractivity contribution in [1.82, 2.24) is 39.9 Å². The third kappa shape index (κ3) is 5.83. The number of nitrogens with zero attached hydrogens (tertiary/aromatic N) is 8. The standard InChI is InChI=1S/C40H24N8.ClH.Co/c1-2-30-38(26-11-19-42-20-12-26)32-5-6-34(47-32)40(28-15-23-44-24-16-28)36-8-7-35(48-36)39(27-13-21-43-22-14-27)33-4-3-31(46-33)37(29(1)45-30)25-9-17-41-18-10-25;;/h1-24H;1H;/q-2;;+3/p-1. The van der Waals surface area contributed by atoms with Crippen LogP contribution in [0.4, 0.5) is 0 Å². The fourth-order valence-electron chi connectivity index (χ4n) is 6.34. The number of hydrogen-bond acceptors (Lipinski definition) is 6. The fraction of sp³-hybridized carbons (Fsp3) is 0. The summed E-state index contributed by atoms with van der Waals surface area (Å²) in [5.74, 6) is 0. The van der Waals surface area contributed by atoms with E-state index in [1.54, 1.807) is 49.6 Å². The second kappa shape index (κ2) is 13.8. The molecule has 0 unspecified atom stereocenters. The van der Waals surface area contributed by atoms with Crippen LogP contribution in [0.2, 0.25) is 0 Å². The van der Waals surface area contributed by atoms with E-state index < -0.39 is 0 Å². The van der Waals surface area contributed by atoms with Crippen molar-refractivity contribution >= 4 is 56.5 Å². The number of pyridine rings is 4. The molecule has 2 aliphatic rings. The molecular weight excluding hydrogens is 687 g/mol. The first kappa shape index (κ1) is 31.3. The Kier molecular flexibility index (Phi) is 8.66. The van der Waals surface area contributed by atoms with Gasteiger partial charge in [0.2, 0.25) is 0 Å². The van der Waals surface area contributed by atoms with Crippen LogP contribution in [0.3, 0.4) is 0 Å². The molecule has 0 N–H and O–H groups in total. The van der Waals surface area contributed by atoms with Crippen molar-refractivity contribution in [2.24, 2.45) is 0 Å². The zero-order valence-electron chi connectivity index (χ0n) is 26.1. The van der Waals surface area contributed by atoms with Gasteiger partial charge in [-0.25, -0.2) is 9.97 Å². The molecule has 240 valence electrons. The summed E-state index contributed by atoms with van der Waals surface area (Å²) in [6.45, 7) is 0. The van der Waals surface area contributed by atoms with Crippen molar-refractivity contribution in [1.29, 1.82) is 0 Å². The van der Waals surface area contributed by atoms with E-state index in [1.807, 2.05) is 48.5 Å². The van der Waals surface area contributed by atoms with Gasteiger partial charge >= 0.3 is 25.0 Å². The van der Waals surface area contributed by atoms with Gasteiger partial charge in [-0.15, -0.1) is 22.1 Å². The maximum absolute atomic E-state index is 5.25. The van der Waals surface area contributed by atoms with Crippen LogP contribution < -0.4 is 9.97 Å². The number of hydrogen-bond donors (Lipinski definition) is 0. The Hall–Kier alpha value is -6.00. The molecule has 2 aliphatic heterocycles. The quantitative estimate of drug-likeness (QED) is 0.178. The van der Waals surface area contributed by atoms with Gasteiger partial charge < -0.3 is 9.97 Å². The topological polar surface area (TPSA) is 106 Å². The molecule has 8 nitrogen and oxygen atoms in total. The second-order valence-electron chi connectivity index (χ2n) is 11.3. The number of halogens is 1. The monoisotopic (exact) mass is 710 g/mol. The van der Waals surface area contributed by atoms with E-state index in [0.29, 0.717) is 0 Å². The van der Waals surface area contributed by atoms with E-state index in [9.17, 15) is 0 Å². The van der Waals surface area contributed by atoms with Crippen LogP contribution >= 0.6 is 10.1 Å². The molecule has 10 heteroatoms. The van der Waals surface area contributed by atoms with Crippen molar-refractivity contribution in [2.45, 2.75) is 0 Å². The summed E-state index contributed by atoms with van der Waals surface area (Å²) in [5, 5.41) is 0. The number of rotatable bonds is 4. The fourth-order valence-corrected chi connectivity index (χ4v) is 6.34. The van der Waals surface area contributed by atoms with Gasteiger partial charge in [-0.3, -0.25) is 19.9 Å². The number of fused-ring (bicyclic) bond motifs is 8. The predicted octanol–water partition coefficient (Wildman–Crippen LogP) is 8.85. The molecule has 7 aromatic rings. The molecule has 0 amide bonds. The minimum atomic E-state index is 0.800. The average molecular weight is 711 g/mol. The molecule has 50 heavy (non-hydrogen) atoms. The summed E-state index contributed by atoms with van der Waals surface area (Å²) in [4.78, 5) is 38.1. The normalized spacial score (nSPS) is 11.6. The third-order valence-corrected chi connectivity index (χ3v) is 8.49. The van der Waals surface area contributed by atoms with Crippen LogP contribution in [0, 0.1) is 0 Å². The van der Waals surface area contributed by atoms with Crippen molar-refractivity contribution in [3.63, 3.8) is 0 Å². The van der Waals surface area contributed by atoms with Crippen LogP contribution in [0.5, 0.6) is 0 Å². The van der Waals surface area contributed by atoms with Crippen LogP contribution in [0.15, 0.2) is 122 Å². The van der Waals surface area contributed by atoms with Crippen molar-refractivity contribution in [3.8, 4) is 44.5 Å². The Bertz CT molecular complexity index is 2200. The zero-order chi connectivity index (χ0) is 33.9. The Labute approximate surface area is 299 Å². The van der Waals surface area contributed by atoms with Gasteiger partial charge in [0.25, 0.3) is 0 Å². The Morgan fingerprint density at radius 1 is 0.340 bits per heavy atom. The van der Waals surface area contributed by atoms with E-state index in [0.717, 1.165) is 89.4 Å². The summed E-state index contributed by atoms with van der Waals surface area (Å²) < 4.78 is 0. The van der Waals surface area contributed by atoms with Crippen molar-refractivity contribution in [2.75, 3.05) is 0 Å². The SMILES string of the molecule is C1=Cc2nc1c(-c1ccncc1)c1ccc([n-]1)c(-c1ccncc1)c1nc(c(-c3ccncc3)c3ccc([n-]3)c2-c2ccncc2)C=C1.[Cl][Co+2]. The zero-order valence-corrected chi connectivity index (χ0v) is 27.9. The first-order chi connectivity index (χ1) is 24.8. The van der Waals surface area contributed by atoms with E-state index >= 15 is 0 Å². The van der Waals surface area contributed by atoms with Crippen LogP contribution in [0.1, 0.15) is 22.8 Å². The van der Waals surface area contributed by atoms with E-state index in [-0.39, 0.29) is 0 Å². The molecule has 0 fully saturated rings. The third-order valence-electron chi connectivity index (χ3n) is 8.49. The maximum atomic E-state index is 5.25. The molecule has 9 heterocycles. The molecule has 0 spiro atoms. The minimum absolute atomic E-state index is 0.800. The van der Waals surface area contributed by atoms with Crippen LogP contribution in [0.25, 0.3) is 90.9 Å². The van der Waals surface area contributed by atoms with E-state index in [2.05, 4.69) is 93.5 Å². The molecule has 8 bridgehead atoms.